The zero-order valence-corrected chi connectivity index (χ0v) is 21.2. The molecular weight excluding hydrogens is 513 g/mol. The van der Waals surface area contributed by atoms with Crippen molar-refractivity contribution in [3.05, 3.63) is 88.5 Å². The molecular formula is C24H23Cl2N3O3S2. The lowest BCUT2D eigenvalue weighted by atomic mass is 10.2. The Labute approximate surface area is 213 Å². The molecule has 4 rings (SSSR count). The predicted molar refractivity (Wildman–Crippen MR) is 140 cm³/mol. The van der Waals surface area contributed by atoms with Crippen LogP contribution in [0.3, 0.4) is 0 Å². The Morgan fingerprint density at radius 3 is 2.29 bits per heavy atom. The van der Waals surface area contributed by atoms with E-state index in [1.807, 2.05) is 30.3 Å². The zero-order chi connectivity index (χ0) is 23.9. The molecule has 0 bridgehead atoms. The lowest BCUT2D eigenvalue weighted by Crippen LogP contribution is -2.20. The van der Waals surface area contributed by atoms with E-state index in [9.17, 15) is 8.42 Å². The third kappa shape index (κ3) is 6.27. The van der Waals surface area contributed by atoms with Gasteiger partial charge in [-0.05, 0) is 48.4 Å². The van der Waals surface area contributed by atoms with Crippen LogP contribution in [0.1, 0.15) is 12.0 Å². The van der Waals surface area contributed by atoms with Crippen LogP contribution in [-0.4, -0.2) is 26.6 Å². The number of ether oxygens (including phenoxy) is 1. The smallest absolute Gasteiger partial charge is 0.150 e. The number of halogens is 2. The van der Waals surface area contributed by atoms with Gasteiger partial charge in [-0.15, -0.1) is 0 Å². The van der Waals surface area contributed by atoms with E-state index in [4.69, 9.17) is 27.9 Å². The van der Waals surface area contributed by atoms with Crippen LogP contribution in [0, 0.1) is 0 Å². The molecule has 10 heteroatoms. The number of anilines is 1. The van der Waals surface area contributed by atoms with Crippen LogP contribution in [0.15, 0.2) is 82.7 Å². The van der Waals surface area contributed by atoms with Gasteiger partial charge in [-0.3, -0.25) is 4.72 Å². The topological polar surface area (TPSA) is 83.2 Å². The molecule has 0 saturated carbocycles. The van der Waals surface area contributed by atoms with Crippen molar-refractivity contribution in [3.63, 3.8) is 0 Å². The summed E-state index contributed by atoms with van der Waals surface area (Å²) in [5, 5.41) is 1.68. The molecule has 4 aromatic rings. The average molecular weight is 537 g/mol. The van der Waals surface area contributed by atoms with Crippen LogP contribution in [0.4, 0.5) is 5.69 Å². The quantitative estimate of drug-likeness (QED) is 0.211. The summed E-state index contributed by atoms with van der Waals surface area (Å²) in [5.74, 6) is 0. The first kappa shape index (κ1) is 24.9. The number of nitrogens with one attached hydrogen (secondary N) is 3. The summed E-state index contributed by atoms with van der Waals surface area (Å²) in [7, 11) is -2.89. The standard InChI is InChI=1S/C24H23Cl2N3O3S2/c25-20-11-12-22(24-23(20)21(26)15-27-24)29-34(31)19-9-7-18(8-10-19)33(30)28-13-4-14-32-16-17-5-2-1-3-6-17/h1-3,5-12,15,27-29H,4,13-14,16H2. The Morgan fingerprint density at radius 2 is 1.56 bits per heavy atom. The fourth-order valence-electron chi connectivity index (χ4n) is 3.29. The van der Waals surface area contributed by atoms with E-state index in [0.29, 0.717) is 56.2 Å². The maximum Gasteiger partial charge on any atom is 0.150 e. The number of rotatable bonds is 11. The molecule has 0 spiro atoms. The van der Waals surface area contributed by atoms with E-state index in [-0.39, 0.29) is 0 Å². The van der Waals surface area contributed by atoms with Gasteiger partial charge in [-0.25, -0.2) is 13.1 Å². The van der Waals surface area contributed by atoms with Gasteiger partial charge in [0, 0.05) is 24.7 Å². The molecule has 1 heterocycles. The summed E-state index contributed by atoms with van der Waals surface area (Å²) in [5.41, 5.74) is 2.43. The van der Waals surface area contributed by atoms with Crippen LogP contribution in [-0.2, 0) is 33.3 Å². The van der Waals surface area contributed by atoms with E-state index in [0.717, 1.165) is 12.0 Å². The minimum Gasteiger partial charge on any atom is -0.377 e. The Hall–Kier alpha value is -2.20. The molecule has 0 saturated heterocycles. The number of benzene rings is 3. The predicted octanol–water partition coefficient (Wildman–Crippen LogP) is 5.83. The molecule has 0 aliphatic heterocycles. The highest BCUT2D eigenvalue weighted by molar-refractivity contribution is 7.86. The van der Waals surface area contributed by atoms with Gasteiger partial charge in [-0.2, -0.15) is 0 Å². The summed E-state index contributed by atoms with van der Waals surface area (Å²) in [6.45, 7) is 1.70. The molecule has 2 atom stereocenters. The highest BCUT2D eigenvalue weighted by Gasteiger charge is 2.13. The molecule has 6 nitrogen and oxygen atoms in total. The van der Waals surface area contributed by atoms with Gasteiger partial charge in [-0.1, -0.05) is 53.5 Å². The average Bonchev–Trinajstić information content (AvgIpc) is 3.26. The van der Waals surface area contributed by atoms with Gasteiger partial charge in [0.15, 0.2) is 0 Å². The van der Waals surface area contributed by atoms with Crippen molar-refractivity contribution in [2.45, 2.75) is 22.8 Å². The van der Waals surface area contributed by atoms with Crippen molar-refractivity contribution in [2.75, 3.05) is 17.9 Å². The third-order valence-electron chi connectivity index (χ3n) is 5.00. The van der Waals surface area contributed by atoms with Crippen LogP contribution in [0.2, 0.25) is 10.0 Å². The van der Waals surface area contributed by atoms with Crippen molar-refractivity contribution in [3.8, 4) is 0 Å². The molecule has 1 aromatic heterocycles. The summed E-state index contributed by atoms with van der Waals surface area (Å²) in [6.07, 6.45) is 2.38. The summed E-state index contributed by atoms with van der Waals surface area (Å²) in [6, 6.07) is 20.2. The Balaban J connectivity index is 1.26. The fourth-order valence-corrected chi connectivity index (χ4v) is 5.59. The van der Waals surface area contributed by atoms with Crippen molar-refractivity contribution < 1.29 is 13.2 Å². The molecule has 0 radical (unpaired) electrons. The first-order valence-electron chi connectivity index (χ1n) is 10.5. The van der Waals surface area contributed by atoms with Gasteiger partial charge >= 0.3 is 0 Å². The van der Waals surface area contributed by atoms with Crippen LogP contribution in [0.5, 0.6) is 0 Å². The van der Waals surface area contributed by atoms with Gasteiger partial charge in [0.25, 0.3) is 0 Å². The largest absolute Gasteiger partial charge is 0.377 e. The SMILES string of the molecule is O=S(NCCCOCc1ccccc1)c1ccc(S(=O)Nc2ccc(Cl)c3c(Cl)c[nH]c23)cc1. The first-order valence-corrected chi connectivity index (χ1v) is 13.6. The van der Waals surface area contributed by atoms with Crippen molar-refractivity contribution in [1.82, 2.24) is 9.71 Å². The number of hydrogen-bond acceptors (Lipinski definition) is 3. The van der Waals surface area contributed by atoms with E-state index < -0.39 is 22.0 Å². The van der Waals surface area contributed by atoms with Crippen LogP contribution in [0.25, 0.3) is 10.9 Å². The summed E-state index contributed by atoms with van der Waals surface area (Å²) < 4.78 is 36.9. The number of fused-ring (bicyclic) bond motifs is 1. The Kier molecular flexibility index (Phi) is 8.77. The molecule has 0 amide bonds. The monoisotopic (exact) mass is 535 g/mol. The maximum absolute atomic E-state index is 12.8. The highest BCUT2D eigenvalue weighted by atomic mass is 35.5. The molecule has 0 aliphatic rings. The van der Waals surface area contributed by atoms with E-state index in [1.165, 1.54) is 0 Å². The van der Waals surface area contributed by atoms with Crippen molar-refractivity contribution in [1.29, 1.82) is 0 Å². The zero-order valence-electron chi connectivity index (χ0n) is 18.1. The van der Waals surface area contributed by atoms with Gasteiger partial charge in [0.1, 0.15) is 22.0 Å². The second-order valence-corrected chi connectivity index (χ2v) is 10.7. The van der Waals surface area contributed by atoms with Gasteiger partial charge in [0.05, 0.1) is 37.6 Å². The molecule has 0 aliphatic carbocycles. The molecule has 34 heavy (non-hydrogen) atoms. The minimum atomic E-state index is -1.53. The normalized spacial score (nSPS) is 13.1. The maximum atomic E-state index is 12.8. The van der Waals surface area contributed by atoms with Crippen molar-refractivity contribution >= 4 is 61.8 Å². The summed E-state index contributed by atoms with van der Waals surface area (Å²) in [4.78, 5) is 4.21. The number of H-pyrrole nitrogens is 1. The molecule has 3 N–H and O–H groups in total. The Bertz CT molecular complexity index is 1300. The second kappa shape index (κ2) is 12.0. The first-order chi connectivity index (χ1) is 16.5. The number of aromatic nitrogens is 1. The van der Waals surface area contributed by atoms with E-state index >= 15 is 0 Å². The number of hydrogen-bond donors (Lipinski definition) is 3. The summed E-state index contributed by atoms with van der Waals surface area (Å²) >= 11 is 12.4. The van der Waals surface area contributed by atoms with E-state index in [1.54, 1.807) is 42.6 Å². The van der Waals surface area contributed by atoms with Gasteiger partial charge in [0.2, 0.25) is 0 Å². The lowest BCUT2D eigenvalue weighted by Gasteiger charge is -2.09. The van der Waals surface area contributed by atoms with Crippen LogP contribution < -0.4 is 9.44 Å². The van der Waals surface area contributed by atoms with Crippen molar-refractivity contribution in [2.24, 2.45) is 0 Å². The molecule has 0 fully saturated rings. The molecule has 178 valence electrons. The lowest BCUT2D eigenvalue weighted by molar-refractivity contribution is 0.119. The second-order valence-electron chi connectivity index (χ2n) is 7.38. The Morgan fingerprint density at radius 1 is 0.853 bits per heavy atom. The fraction of sp³-hybridized carbons (Fsp3) is 0.167. The van der Waals surface area contributed by atoms with E-state index in [2.05, 4.69) is 14.4 Å². The highest BCUT2D eigenvalue weighted by Crippen LogP contribution is 2.35. The third-order valence-corrected chi connectivity index (χ3v) is 7.89. The molecule has 3 aromatic carbocycles. The molecule has 2 unspecified atom stereocenters. The number of aromatic amines is 1. The van der Waals surface area contributed by atoms with Gasteiger partial charge < -0.3 is 9.72 Å². The van der Waals surface area contributed by atoms with Crippen LogP contribution >= 0.6 is 23.2 Å². The minimum absolute atomic E-state index is 0.497.